The molecule has 2 heterocycles. The Kier molecular flexibility index (Phi) is 3.66. The molecular weight excluding hydrogens is 282 g/mol. The molecule has 1 aromatic heterocycles. The van der Waals surface area contributed by atoms with E-state index in [0.717, 1.165) is 11.1 Å². The van der Waals surface area contributed by atoms with Gasteiger partial charge in [0.25, 0.3) is 0 Å². The van der Waals surface area contributed by atoms with Gasteiger partial charge in [-0.05, 0) is 36.6 Å². The van der Waals surface area contributed by atoms with Crippen LogP contribution < -0.4 is 0 Å². The van der Waals surface area contributed by atoms with Crippen molar-refractivity contribution in [1.82, 2.24) is 14.7 Å². The maximum atomic E-state index is 12.6. The molecule has 0 saturated heterocycles. The summed E-state index contributed by atoms with van der Waals surface area (Å²) in [5.41, 5.74) is 2.03. The van der Waals surface area contributed by atoms with Crippen molar-refractivity contribution in [2.45, 2.75) is 25.9 Å². The molecule has 1 aromatic carbocycles. The second-order valence-electron chi connectivity index (χ2n) is 5.42. The number of nitrogens with zero attached hydrogens (tertiary/aromatic N) is 3. The first-order chi connectivity index (χ1) is 10.6. The molecule has 0 aliphatic carbocycles. The van der Waals surface area contributed by atoms with Crippen molar-refractivity contribution in [2.75, 3.05) is 6.54 Å². The Bertz CT molecular complexity index is 709. The topological polar surface area (TPSA) is 75.4 Å². The Balaban J connectivity index is 1.85. The van der Waals surface area contributed by atoms with E-state index in [9.17, 15) is 14.7 Å². The first-order valence-electron chi connectivity index (χ1n) is 7.20. The number of carboxylic acid groups (broad SMARTS) is 1. The summed E-state index contributed by atoms with van der Waals surface area (Å²) >= 11 is 0. The van der Waals surface area contributed by atoms with Gasteiger partial charge in [0.05, 0.1) is 5.56 Å². The second kappa shape index (κ2) is 5.63. The molecule has 3 rings (SSSR count). The zero-order valence-electron chi connectivity index (χ0n) is 12.3. The van der Waals surface area contributed by atoms with E-state index < -0.39 is 12.0 Å². The third-order valence-electron chi connectivity index (χ3n) is 4.09. The van der Waals surface area contributed by atoms with E-state index >= 15 is 0 Å². The number of amides is 1. The number of fused-ring (bicyclic) bond motifs is 1. The first kappa shape index (κ1) is 14.3. The molecular formula is C16H17N3O3. The third-order valence-corrected chi connectivity index (χ3v) is 4.09. The number of carbonyl (C=O) groups excluding carboxylic acids is 1. The molecule has 1 atom stereocenters. The second-order valence-corrected chi connectivity index (χ2v) is 5.42. The molecule has 0 saturated carbocycles. The van der Waals surface area contributed by atoms with E-state index in [0.29, 0.717) is 19.5 Å². The van der Waals surface area contributed by atoms with Crippen molar-refractivity contribution in [3.63, 3.8) is 0 Å². The van der Waals surface area contributed by atoms with Gasteiger partial charge in [-0.3, -0.25) is 9.48 Å². The average Bonchev–Trinajstić information content (AvgIpc) is 3.06. The molecule has 1 amide bonds. The maximum Gasteiger partial charge on any atom is 0.336 e. The Morgan fingerprint density at radius 1 is 1.32 bits per heavy atom. The molecule has 0 bridgehead atoms. The van der Waals surface area contributed by atoms with Crippen LogP contribution in [0, 0.1) is 0 Å². The summed E-state index contributed by atoms with van der Waals surface area (Å²) in [5, 5.41) is 13.4. The fourth-order valence-electron chi connectivity index (χ4n) is 2.86. The number of carboxylic acids is 1. The van der Waals surface area contributed by atoms with Crippen LogP contribution in [0.15, 0.2) is 36.7 Å². The van der Waals surface area contributed by atoms with Gasteiger partial charge in [0.1, 0.15) is 6.04 Å². The Hall–Kier alpha value is -2.63. The standard InChI is InChI=1S/C16H17N3O3/c1-11(19-8-3-7-17-19)15(20)18-9-6-12-4-2-5-13(16(21)22)14(12)10-18/h2-5,7-8,11H,6,9-10H2,1H3,(H,21,22). The molecule has 1 aliphatic heterocycles. The van der Waals surface area contributed by atoms with Crippen LogP contribution in [-0.4, -0.2) is 38.2 Å². The fraction of sp³-hybridized carbons (Fsp3) is 0.312. The highest BCUT2D eigenvalue weighted by atomic mass is 16.4. The van der Waals surface area contributed by atoms with Crippen molar-refractivity contribution >= 4 is 11.9 Å². The Labute approximate surface area is 128 Å². The molecule has 1 unspecified atom stereocenters. The molecule has 0 radical (unpaired) electrons. The molecule has 114 valence electrons. The lowest BCUT2D eigenvalue weighted by molar-refractivity contribution is -0.135. The smallest absolute Gasteiger partial charge is 0.336 e. The lowest BCUT2D eigenvalue weighted by atomic mass is 9.94. The molecule has 1 aliphatic rings. The van der Waals surface area contributed by atoms with Gasteiger partial charge in [-0.15, -0.1) is 0 Å². The number of aromatic nitrogens is 2. The minimum Gasteiger partial charge on any atom is -0.478 e. The van der Waals surface area contributed by atoms with Gasteiger partial charge < -0.3 is 10.0 Å². The summed E-state index contributed by atoms with van der Waals surface area (Å²) in [4.78, 5) is 25.7. The van der Waals surface area contributed by atoms with Crippen LogP contribution >= 0.6 is 0 Å². The number of aromatic carboxylic acids is 1. The molecule has 0 spiro atoms. The highest BCUT2D eigenvalue weighted by Gasteiger charge is 2.28. The summed E-state index contributed by atoms with van der Waals surface area (Å²) in [5.74, 6) is -0.999. The summed E-state index contributed by atoms with van der Waals surface area (Å²) in [6.45, 7) is 2.73. The van der Waals surface area contributed by atoms with Crippen molar-refractivity contribution in [3.8, 4) is 0 Å². The van der Waals surface area contributed by atoms with Crippen LogP contribution in [0.4, 0.5) is 0 Å². The zero-order valence-corrected chi connectivity index (χ0v) is 12.3. The lowest BCUT2D eigenvalue weighted by Gasteiger charge is -2.31. The Morgan fingerprint density at radius 3 is 2.82 bits per heavy atom. The van der Waals surface area contributed by atoms with Crippen LogP contribution in [0.5, 0.6) is 0 Å². The van der Waals surface area contributed by atoms with Crippen molar-refractivity contribution < 1.29 is 14.7 Å². The van der Waals surface area contributed by atoms with Crippen molar-refractivity contribution in [1.29, 1.82) is 0 Å². The summed E-state index contributed by atoms with van der Waals surface area (Å²) < 4.78 is 1.61. The molecule has 0 fully saturated rings. The van der Waals surface area contributed by atoms with Gasteiger partial charge in [0, 0.05) is 25.5 Å². The minimum absolute atomic E-state index is 0.0467. The van der Waals surface area contributed by atoms with E-state index in [-0.39, 0.29) is 11.5 Å². The van der Waals surface area contributed by atoms with Crippen molar-refractivity contribution in [3.05, 3.63) is 53.3 Å². The number of carbonyl (C=O) groups is 2. The van der Waals surface area contributed by atoms with Crippen LogP contribution in [0.3, 0.4) is 0 Å². The van der Waals surface area contributed by atoms with E-state index in [4.69, 9.17) is 0 Å². The zero-order chi connectivity index (χ0) is 15.7. The van der Waals surface area contributed by atoms with Gasteiger partial charge in [-0.1, -0.05) is 12.1 Å². The fourth-order valence-corrected chi connectivity index (χ4v) is 2.86. The largest absolute Gasteiger partial charge is 0.478 e. The molecule has 2 aromatic rings. The van der Waals surface area contributed by atoms with Gasteiger partial charge >= 0.3 is 5.97 Å². The van der Waals surface area contributed by atoms with E-state index in [2.05, 4.69) is 5.10 Å². The SMILES string of the molecule is CC(C(=O)N1CCc2cccc(C(=O)O)c2C1)n1cccn1. The normalized spacial score (nSPS) is 15.2. The maximum absolute atomic E-state index is 12.6. The van der Waals surface area contributed by atoms with Crippen molar-refractivity contribution in [2.24, 2.45) is 0 Å². The summed E-state index contributed by atoms with van der Waals surface area (Å²) in [7, 11) is 0. The highest BCUT2D eigenvalue weighted by molar-refractivity contribution is 5.90. The first-order valence-corrected chi connectivity index (χ1v) is 7.20. The quantitative estimate of drug-likeness (QED) is 0.936. The number of benzene rings is 1. The summed E-state index contributed by atoms with van der Waals surface area (Å²) in [6.07, 6.45) is 4.06. The lowest BCUT2D eigenvalue weighted by Crippen LogP contribution is -2.40. The molecule has 6 nitrogen and oxygen atoms in total. The number of hydrogen-bond acceptors (Lipinski definition) is 3. The third kappa shape index (κ3) is 2.47. The number of rotatable bonds is 3. The van der Waals surface area contributed by atoms with E-state index in [1.54, 1.807) is 47.1 Å². The van der Waals surface area contributed by atoms with Crippen LogP contribution in [0.1, 0.15) is 34.5 Å². The van der Waals surface area contributed by atoms with E-state index in [1.807, 2.05) is 6.07 Å². The Morgan fingerprint density at radius 2 is 2.14 bits per heavy atom. The highest BCUT2D eigenvalue weighted by Crippen LogP contribution is 2.24. The molecule has 1 N–H and O–H groups in total. The van der Waals surface area contributed by atoms with Gasteiger partial charge in [0.15, 0.2) is 0 Å². The van der Waals surface area contributed by atoms with Gasteiger partial charge in [-0.25, -0.2) is 4.79 Å². The van der Waals surface area contributed by atoms with Gasteiger partial charge in [0.2, 0.25) is 5.91 Å². The monoisotopic (exact) mass is 299 g/mol. The predicted octanol–water partition coefficient (Wildman–Crippen LogP) is 1.73. The van der Waals surface area contributed by atoms with Crippen LogP contribution in [-0.2, 0) is 17.8 Å². The van der Waals surface area contributed by atoms with E-state index in [1.165, 1.54) is 0 Å². The predicted molar refractivity (Wildman–Crippen MR) is 79.5 cm³/mol. The average molecular weight is 299 g/mol. The van der Waals surface area contributed by atoms with Gasteiger partial charge in [-0.2, -0.15) is 5.10 Å². The van der Waals surface area contributed by atoms with Crippen LogP contribution in [0.2, 0.25) is 0 Å². The summed E-state index contributed by atoms with van der Waals surface area (Å²) in [6, 6.07) is 6.66. The molecule has 6 heteroatoms. The number of hydrogen-bond donors (Lipinski definition) is 1. The minimum atomic E-state index is -0.953. The van der Waals surface area contributed by atoms with Crippen LogP contribution in [0.25, 0.3) is 0 Å². The molecule has 22 heavy (non-hydrogen) atoms.